The zero-order valence-electron chi connectivity index (χ0n) is 11.3. The summed E-state index contributed by atoms with van der Waals surface area (Å²) in [4.78, 5) is 29.2. The fourth-order valence-electron chi connectivity index (χ4n) is 2.73. The van der Waals surface area contributed by atoms with E-state index in [0.717, 1.165) is 5.69 Å². The quantitative estimate of drug-likeness (QED) is 0.667. The summed E-state index contributed by atoms with van der Waals surface area (Å²) >= 11 is 0. The van der Waals surface area contributed by atoms with Gasteiger partial charge in [0.15, 0.2) is 11.6 Å². The molecule has 0 saturated carbocycles. The van der Waals surface area contributed by atoms with Gasteiger partial charge in [-0.1, -0.05) is 11.1 Å². The number of aryl methyl sites for hydroxylation is 1. The molecule has 3 rings (SSSR count). The minimum atomic E-state index is -0.0241. The number of fused-ring (bicyclic) bond motifs is 1. The lowest BCUT2D eigenvalue weighted by atomic mass is 9.76. The predicted octanol–water partition coefficient (Wildman–Crippen LogP) is 3.20. The number of Topliss-reactive ketones (excluding diaryl/α,β-unsaturated/α-hetero) is 2. The highest BCUT2D eigenvalue weighted by atomic mass is 16.1. The number of aromatic nitrogens is 1. The molecular weight excluding hydrogens is 238 g/mol. The van der Waals surface area contributed by atoms with Crippen molar-refractivity contribution in [1.82, 2.24) is 4.98 Å². The highest BCUT2D eigenvalue weighted by Crippen LogP contribution is 2.37. The Morgan fingerprint density at radius 3 is 2.00 bits per heavy atom. The molecule has 1 aromatic heterocycles. The average molecular weight is 253 g/mol. The van der Waals surface area contributed by atoms with Crippen LogP contribution in [0.4, 0.5) is 0 Å². The van der Waals surface area contributed by atoms with E-state index in [9.17, 15) is 9.59 Å². The second-order valence-corrected chi connectivity index (χ2v) is 5.40. The van der Waals surface area contributed by atoms with E-state index in [1.165, 1.54) is 17.3 Å². The Balaban J connectivity index is 2.17. The number of hydrogen-bond donors (Lipinski definition) is 0. The van der Waals surface area contributed by atoms with Crippen molar-refractivity contribution in [2.24, 2.45) is 0 Å². The van der Waals surface area contributed by atoms with Gasteiger partial charge >= 0.3 is 0 Å². The summed E-state index contributed by atoms with van der Waals surface area (Å²) in [5.41, 5.74) is 5.50. The molecule has 1 aromatic rings. The average Bonchev–Trinajstić information content (AvgIpc) is 2.38. The van der Waals surface area contributed by atoms with Gasteiger partial charge in [0.25, 0.3) is 0 Å². The van der Waals surface area contributed by atoms with Gasteiger partial charge in [0, 0.05) is 28.6 Å². The second kappa shape index (κ2) is 3.98. The summed E-state index contributed by atoms with van der Waals surface area (Å²) in [6.45, 7) is 5.89. The number of carbonyl (C=O) groups excluding carboxylic acids is 2. The molecule has 96 valence electrons. The number of hydrogen-bond acceptors (Lipinski definition) is 3. The van der Waals surface area contributed by atoms with E-state index in [1.54, 1.807) is 6.07 Å². The predicted molar refractivity (Wildman–Crippen MR) is 72.3 cm³/mol. The molecule has 2 aliphatic carbocycles. The summed E-state index contributed by atoms with van der Waals surface area (Å²) in [5.74, 6) is -0.0223. The molecule has 0 aliphatic heterocycles. The SMILES string of the molecule is CC1=C(C)CC2=C(C1)C(=O)c1cnc(C)cc1C2=O. The van der Waals surface area contributed by atoms with Crippen molar-refractivity contribution in [3.05, 3.63) is 51.4 Å². The molecule has 0 fully saturated rings. The molecule has 0 N–H and O–H groups in total. The van der Waals surface area contributed by atoms with Crippen molar-refractivity contribution in [3.8, 4) is 0 Å². The number of pyridine rings is 1. The minimum Gasteiger partial charge on any atom is -0.289 e. The molecule has 3 nitrogen and oxygen atoms in total. The van der Waals surface area contributed by atoms with Crippen molar-refractivity contribution >= 4 is 11.6 Å². The summed E-state index contributed by atoms with van der Waals surface area (Å²) in [6, 6.07) is 1.72. The molecule has 0 atom stereocenters. The number of carbonyl (C=O) groups is 2. The van der Waals surface area contributed by atoms with Crippen LogP contribution in [0.15, 0.2) is 34.6 Å². The molecular formula is C16H15NO2. The van der Waals surface area contributed by atoms with E-state index in [-0.39, 0.29) is 11.6 Å². The van der Waals surface area contributed by atoms with E-state index in [4.69, 9.17) is 0 Å². The van der Waals surface area contributed by atoms with Crippen molar-refractivity contribution < 1.29 is 9.59 Å². The van der Waals surface area contributed by atoms with Crippen molar-refractivity contribution in [3.63, 3.8) is 0 Å². The van der Waals surface area contributed by atoms with Crippen LogP contribution in [-0.4, -0.2) is 16.6 Å². The van der Waals surface area contributed by atoms with Crippen LogP contribution in [0.1, 0.15) is 53.1 Å². The van der Waals surface area contributed by atoms with Crippen molar-refractivity contribution in [2.75, 3.05) is 0 Å². The van der Waals surface area contributed by atoms with Gasteiger partial charge < -0.3 is 0 Å². The molecule has 0 amide bonds. The van der Waals surface area contributed by atoms with Gasteiger partial charge in [-0.2, -0.15) is 0 Å². The summed E-state index contributed by atoms with van der Waals surface area (Å²) < 4.78 is 0. The lowest BCUT2D eigenvalue weighted by Crippen LogP contribution is -2.25. The molecule has 0 saturated heterocycles. The molecule has 0 bridgehead atoms. The number of ketones is 2. The minimum absolute atomic E-state index is 0.00181. The van der Waals surface area contributed by atoms with Gasteiger partial charge in [-0.05, 0) is 39.7 Å². The monoisotopic (exact) mass is 253 g/mol. The van der Waals surface area contributed by atoms with Crippen LogP contribution in [0.5, 0.6) is 0 Å². The zero-order valence-corrected chi connectivity index (χ0v) is 11.3. The standard InChI is InChI=1S/C16H15NO2/c1-8-4-11-12(5-9(8)2)16(19)14-7-17-10(3)6-13(14)15(11)18/h6-7H,4-5H2,1-3H3. The van der Waals surface area contributed by atoms with Crippen LogP contribution in [-0.2, 0) is 0 Å². The van der Waals surface area contributed by atoms with E-state index in [1.807, 2.05) is 20.8 Å². The second-order valence-electron chi connectivity index (χ2n) is 5.40. The Hall–Kier alpha value is -2.03. The molecule has 0 unspecified atom stereocenters. The topological polar surface area (TPSA) is 47.0 Å². The largest absolute Gasteiger partial charge is 0.289 e. The Bertz CT molecular complexity index is 693. The molecule has 0 radical (unpaired) electrons. The molecule has 0 spiro atoms. The Morgan fingerprint density at radius 1 is 0.895 bits per heavy atom. The number of nitrogens with zero attached hydrogens (tertiary/aromatic N) is 1. The van der Waals surface area contributed by atoms with E-state index >= 15 is 0 Å². The highest BCUT2D eigenvalue weighted by molar-refractivity contribution is 6.27. The molecule has 3 heteroatoms. The van der Waals surface area contributed by atoms with Gasteiger partial charge in [-0.15, -0.1) is 0 Å². The van der Waals surface area contributed by atoms with Gasteiger partial charge in [0.05, 0.1) is 5.56 Å². The molecule has 0 aromatic carbocycles. The Kier molecular flexibility index (Phi) is 2.52. The third kappa shape index (κ3) is 1.69. The van der Waals surface area contributed by atoms with E-state index < -0.39 is 0 Å². The zero-order chi connectivity index (χ0) is 13.7. The number of allylic oxidation sites excluding steroid dienone is 4. The molecule has 19 heavy (non-hydrogen) atoms. The van der Waals surface area contributed by atoms with E-state index in [0.29, 0.717) is 35.1 Å². The van der Waals surface area contributed by atoms with Crippen LogP contribution in [0, 0.1) is 6.92 Å². The van der Waals surface area contributed by atoms with Crippen LogP contribution in [0.2, 0.25) is 0 Å². The maximum Gasteiger partial charge on any atom is 0.192 e. The fourth-order valence-corrected chi connectivity index (χ4v) is 2.73. The first kappa shape index (κ1) is 12.0. The lowest BCUT2D eigenvalue weighted by Gasteiger charge is -2.26. The van der Waals surface area contributed by atoms with Crippen LogP contribution in [0.3, 0.4) is 0 Å². The van der Waals surface area contributed by atoms with Gasteiger partial charge in [0.1, 0.15) is 0 Å². The van der Waals surface area contributed by atoms with Crippen molar-refractivity contribution in [2.45, 2.75) is 33.6 Å². The van der Waals surface area contributed by atoms with Gasteiger partial charge in [-0.25, -0.2) is 0 Å². The summed E-state index contributed by atoms with van der Waals surface area (Å²) in [7, 11) is 0. The third-order valence-corrected chi connectivity index (χ3v) is 4.05. The smallest absolute Gasteiger partial charge is 0.192 e. The lowest BCUT2D eigenvalue weighted by molar-refractivity contribution is 0.0969. The van der Waals surface area contributed by atoms with Crippen molar-refractivity contribution in [1.29, 1.82) is 0 Å². The highest BCUT2D eigenvalue weighted by Gasteiger charge is 2.34. The van der Waals surface area contributed by atoms with Gasteiger partial charge in [-0.3, -0.25) is 14.6 Å². The molecule has 2 aliphatic rings. The van der Waals surface area contributed by atoms with Crippen LogP contribution >= 0.6 is 0 Å². The fraction of sp³-hybridized carbons (Fsp3) is 0.312. The summed E-state index contributed by atoms with van der Waals surface area (Å²) in [6.07, 6.45) is 2.74. The maximum absolute atomic E-state index is 12.5. The maximum atomic E-state index is 12.5. The first-order valence-corrected chi connectivity index (χ1v) is 6.42. The summed E-state index contributed by atoms with van der Waals surface area (Å²) in [5, 5.41) is 0. The van der Waals surface area contributed by atoms with Gasteiger partial charge in [0.2, 0.25) is 0 Å². The first-order valence-electron chi connectivity index (χ1n) is 6.42. The van der Waals surface area contributed by atoms with Crippen LogP contribution in [0.25, 0.3) is 0 Å². The number of rotatable bonds is 0. The third-order valence-electron chi connectivity index (χ3n) is 4.05. The Morgan fingerprint density at radius 2 is 1.42 bits per heavy atom. The first-order chi connectivity index (χ1) is 8.99. The Labute approximate surface area is 112 Å². The normalized spacial score (nSPS) is 18.7. The van der Waals surface area contributed by atoms with Crippen LogP contribution < -0.4 is 0 Å². The van der Waals surface area contributed by atoms with E-state index in [2.05, 4.69) is 4.98 Å². The molecule has 1 heterocycles.